The molecule has 6 atom stereocenters. The van der Waals surface area contributed by atoms with Gasteiger partial charge in [0, 0.05) is 12.3 Å². The van der Waals surface area contributed by atoms with Gasteiger partial charge < -0.3 is 18.7 Å². The molecule has 1 aliphatic heterocycles. The van der Waals surface area contributed by atoms with Gasteiger partial charge in [-0.3, -0.25) is 23.7 Å². The maximum atomic E-state index is 16.1. The molecule has 2 N–H and O–H groups in total. The van der Waals surface area contributed by atoms with E-state index < -0.39 is 67.8 Å². The normalized spacial score (nSPS) is 23.2. The molecule has 15 heteroatoms. The molecule has 2 aromatic rings. The molecule has 1 aromatic heterocycles. The average Bonchev–Trinajstić information content (AvgIpc) is 3.21. The SMILES string of the molecule is CC.CC.CSCO[C@@H]1[C@@H](CO[P@@](=O)(N[C@@H](C)C(=O)OC(C)C)Oc2ccccc2)OC(n2ccc(=O)[nH]c2=O)[C@]1(C)F. The topological polar surface area (TPSA) is 147 Å². The molecule has 244 valence electrons. The van der Waals surface area contributed by atoms with Crippen molar-refractivity contribution in [1.82, 2.24) is 14.6 Å². The van der Waals surface area contributed by atoms with Gasteiger partial charge in [0.25, 0.3) is 5.56 Å². The molecule has 1 unspecified atom stereocenters. The number of carbonyl (C=O) groups is 1. The number of rotatable bonds is 13. The van der Waals surface area contributed by atoms with Crippen molar-refractivity contribution in [2.24, 2.45) is 0 Å². The van der Waals surface area contributed by atoms with Crippen molar-refractivity contribution in [3.05, 3.63) is 63.4 Å². The zero-order chi connectivity index (χ0) is 32.8. The second-order valence-electron chi connectivity index (χ2n) is 9.22. The molecule has 2 heterocycles. The molecule has 1 fully saturated rings. The van der Waals surface area contributed by atoms with Crippen LogP contribution in [0.15, 0.2) is 52.2 Å². The highest BCUT2D eigenvalue weighted by atomic mass is 32.2. The van der Waals surface area contributed by atoms with Crippen LogP contribution in [-0.2, 0) is 28.1 Å². The van der Waals surface area contributed by atoms with E-state index in [0.717, 1.165) is 16.8 Å². The summed E-state index contributed by atoms with van der Waals surface area (Å²) in [6.45, 7) is 13.5. The number of ether oxygens (including phenoxy) is 3. The molecule has 0 radical (unpaired) electrons. The molecule has 43 heavy (non-hydrogen) atoms. The quantitative estimate of drug-likeness (QED) is 0.171. The van der Waals surface area contributed by atoms with Gasteiger partial charge in [-0.1, -0.05) is 45.9 Å². The number of nitrogens with zero attached hydrogens (tertiary/aromatic N) is 1. The third-order valence-electron chi connectivity index (χ3n) is 5.58. The second kappa shape index (κ2) is 18.4. The van der Waals surface area contributed by atoms with Gasteiger partial charge in [0.2, 0.25) is 0 Å². The number of carbonyl (C=O) groups excluding carboxylic acids is 1. The van der Waals surface area contributed by atoms with Gasteiger partial charge in [-0.05, 0) is 46.1 Å². The van der Waals surface area contributed by atoms with E-state index in [-0.39, 0.29) is 11.7 Å². The van der Waals surface area contributed by atoms with E-state index in [4.69, 9.17) is 23.3 Å². The number of thioether (sulfide) groups is 1. The van der Waals surface area contributed by atoms with Crippen LogP contribution in [0.4, 0.5) is 4.39 Å². The number of para-hydroxylation sites is 1. The second-order valence-corrected chi connectivity index (χ2v) is 11.7. The first-order valence-electron chi connectivity index (χ1n) is 14.1. The van der Waals surface area contributed by atoms with Gasteiger partial charge in [-0.15, -0.1) is 11.8 Å². The van der Waals surface area contributed by atoms with Crippen LogP contribution in [0.1, 0.15) is 61.6 Å². The smallest absolute Gasteiger partial charge is 0.459 e. The minimum atomic E-state index is -4.28. The molecule has 1 saturated heterocycles. The Hall–Kier alpha value is -2.48. The molecule has 3 rings (SSSR count). The highest BCUT2D eigenvalue weighted by molar-refractivity contribution is 7.98. The minimum absolute atomic E-state index is 0.0891. The van der Waals surface area contributed by atoms with Crippen molar-refractivity contribution >= 4 is 25.5 Å². The Kier molecular flexibility index (Phi) is 16.5. The Morgan fingerprint density at radius 2 is 1.79 bits per heavy atom. The van der Waals surface area contributed by atoms with Crippen molar-refractivity contribution in [1.29, 1.82) is 0 Å². The van der Waals surface area contributed by atoms with Gasteiger partial charge in [0.1, 0.15) is 24.0 Å². The van der Waals surface area contributed by atoms with E-state index >= 15 is 4.39 Å². The molecular formula is C28H45FN3O9PS. The van der Waals surface area contributed by atoms with E-state index in [2.05, 4.69) is 10.1 Å². The summed E-state index contributed by atoms with van der Waals surface area (Å²) in [5, 5.41) is 2.56. The lowest BCUT2D eigenvalue weighted by atomic mass is 9.98. The lowest BCUT2D eigenvalue weighted by Crippen LogP contribution is -2.45. The first kappa shape index (κ1) is 38.5. The van der Waals surface area contributed by atoms with Crippen molar-refractivity contribution in [3.63, 3.8) is 0 Å². The molecule has 1 aromatic carbocycles. The third-order valence-corrected chi connectivity index (χ3v) is 7.60. The highest BCUT2D eigenvalue weighted by Gasteiger charge is 2.57. The van der Waals surface area contributed by atoms with Crippen LogP contribution in [0.25, 0.3) is 0 Å². The van der Waals surface area contributed by atoms with E-state index in [1.165, 1.54) is 25.6 Å². The summed E-state index contributed by atoms with van der Waals surface area (Å²) in [6, 6.07) is 8.11. The number of nitrogens with one attached hydrogen (secondary N) is 2. The lowest BCUT2D eigenvalue weighted by molar-refractivity contribution is -0.149. The van der Waals surface area contributed by atoms with E-state index in [1.807, 2.05) is 27.7 Å². The van der Waals surface area contributed by atoms with Crippen LogP contribution in [0.3, 0.4) is 0 Å². The van der Waals surface area contributed by atoms with Gasteiger partial charge >= 0.3 is 19.4 Å². The standard InChI is InChI=1S/C24H33FN3O9PS.2C2H6/c1-15(2)35-21(30)16(3)27-38(32,37-17-9-7-6-8-10-17)34-13-18-20(33-14-39-5)24(4,25)22(36-18)28-12-11-19(29)26-23(28)31;2*1-2/h6-12,15-16,18,20,22H,13-14H2,1-5H3,(H,27,32)(H,26,29,31);2*1-2H3/t16-,18+,20+,22?,24+,38-;;/m0../s1. The van der Waals surface area contributed by atoms with E-state index in [1.54, 1.807) is 50.4 Å². The molecule has 12 nitrogen and oxygen atoms in total. The predicted octanol–water partition coefficient (Wildman–Crippen LogP) is 5.05. The fraction of sp³-hybridized carbons (Fsp3) is 0.607. The maximum absolute atomic E-state index is 16.1. The number of esters is 1. The lowest BCUT2D eigenvalue weighted by Gasteiger charge is -2.28. The third kappa shape index (κ3) is 11.2. The highest BCUT2D eigenvalue weighted by Crippen LogP contribution is 2.48. The summed E-state index contributed by atoms with van der Waals surface area (Å²) >= 11 is 1.29. The van der Waals surface area contributed by atoms with E-state index in [9.17, 15) is 18.9 Å². The Bertz CT molecular complexity index is 1280. The minimum Gasteiger partial charge on any atom is -0.462 e. The molecule has 0 bridgehead atoms. The first-order chi connectivity index (χ1) is 20.4. The summed E-state index contributed by atoms with van der Waals surface area (Å²) in [6.07, 6.45) is -1.46. The monoisotopic (exact) mass is 649 g/mol. The molecule has 0 saturated carbocycles. The van der Waals surface area contributed by atoms with Gasteiger partial charge in [0.15, 0.2) is 11.9 Å². The Morgan fingerprint density at radius 3 is 2.35 bits per heavy atom. The average molecular weight is 650 g/mol. The summed E-state index contributed by atoms with van der Waals surface area (Å²) in [5.74, 6) is -0.405. The number of H-pyrrole nitrogens is 1. The van der Waals surface area contributed by atoms with Crippen LogP contribution < -0.4 is 20.9 Å². The van der Waals surface area contributed by atoms with Crippen molar-refractivity contribution < 1.29 is 37.0 Å². The Morgan fingerprint density at radius 1 is 1.16 bits per heavy atom. The Balaban J connectivity index is 0.00000221. The fourth-order valence-corrected chi connectivity index (χ4v) is 5.65. The summed E-state index contributed by atoms with van der Waals surface area (Å²) in [5.41, 5.74) is -3.79. The number of hydrogen-bond donors (Lipinski definition) is 2. The zero-order valence-corrected chi connectivity index (χ0v) is 27.9. The molecule has 0 amide bonds. The largest absolute Gasteiger partial charge is 0.462 e. The molecule has 1 aliphatic rings. The number of hydrogen-bond acceptors (Lipinski definition) is 10. The van der Waals surface area contributed by atoms with Crippen LogP contribution in [0.2, 0.25) is 0 Å². The number of halogens is 1. The molecule has 0 spiro atoms. The van der Waals surface area contributed by atoms with Crippen molar-refractivity contribution in [2.45, 2.75) is 91.6 Å². The van der Waals surface area contributed by atoms with Crippen LogP contribution >= 0.6 is 19.5 Å². The van der Waals surface area contributed by atoms with Gasteiger partial charge in [-0.2, -0.15) is 5.09 Å². The fourth-order valence-electron chi connectivity index (χ4n) is 3.87. The summed E-state index contributed by atoms with van der Waals surface area (Å²) < 4.78 is 58.9. The number of alkyl halides is 1. The van der Waals surface area contributed by atoms with Crippen molar-refractivity contribution in [3.8, 4) is 5.75 Å². The van der Waals surface area contributed by atoms with Crippen molar-refractivity contribution in [2.75, 3.05) is 18.8 Å². The predicted molar refractivity (Wildman–Crippen MR) is 165 cm³/mol. The number of benzene rings is 1. The first-order valence-corrected chi connectivity index (χ1v) is 17.0. The molecular weight excluding hydrogens is 604 g/mol. The van der Waals surface area contributed by atoms with Crippen LogP contribution in [0, 0.1) is 0 Å². The van der Waals surface area contributed by atoms with Crippen LogP contribution in [-0.4, -0.2) is 64.3 Å². The Labute approximate surface area is 256 Å². The number of aromatic amines is 1. The number of aromatic nitrogens is 2. The summed E-state index contributed by atoms with van der Waals surface area (Å²) in [7, 11) is -4.28. The van der Waals surface area contributed by atoms with Gasteiger partial charge in [0.05, 0.1) is 18.6 Å². The van der Waals surface area contributed by atoms with Crippen LogP contribution in [0.5, 0.6) is 5.75 Å². The zero-order valence-electron chi connectivity index (χ0n) is 26.2. The van der Waals surface area contributed by atoms with Gasteiger partial charge in [-0.25, -0.2) is 13.8 Å². The summed E-state index contributed by atoms with van der Waals surface area (Å²) in [4.78, 5) is 38.4. The molecule has 0 aliphatic carbocycles. The van der Waals surface area contributed by atoms with E-state index in [0.29, 0.717) is 0 Å². The maximum Gasteiger partial charge on any atom is 0.459 e.